The normalized spacial score (nSPS) is 15.2. The summed E-state index contributed by atoms with van der Waals surface area (Å²) in [5.41, 5.74) is 16.6. The Morgan fingerprint density at radius 2 is 1.05 bits per heavy atom. The van der Waals surface area contributed by atoms with Gasteiger partial charge in [0.05, 0.1) is 38.8 Å². The van der Waals surface area contributed by atoms with Crippen molar-refractivity contribution >= 4 is 88.7 Å². The number of aromatic nitrogens is 2. The van der Waals surface area contributed by atoms with Gasteiger partial charge in [0, 0.05) is 43.4 Å². The van der Waals surface area contributed by atoms with Gasteiger partial charge in [-0.3, -0.25) is 0 Å². The standard InChI is InChI=1S/C61H38N2O2/c1-3-15-37(16-4-1)61(38-17-5-2-6-18-38)49-23-11-7-19-41(49)42-29-27-40(36-50(42)61)63-52-25-13-9-22-47(52)58-54(63)33-31-45-44-30-32-53-57(59(44)65-60(45)58)46-21-8-12-24-51(46)62(53)39-28-34-56-48(35-39)43-20-10-14-26-55(43)64-56/h1-27,29-36,39H,28H2. The van der Waals surface area contributed by atoms with Crippen molar-refractivity contribution in [2.75, 3.05) is 0 Å². The van der Waals surface area contributed by atoms with Crippen LogP contribution in [0.3, 0.4) is 0 Å². The lowest BCUT2D eigenvalue weighted by Gasteiger charge is -2.34. The Kier molecular flexibility index (Phi) is 6.96. The number of furan rings is 2. The summed E-state index contributed by atoms with van der Waals surface area (Å²) >= 11 is 0. The van der Waals surface area contributed by atoms with Gasteiger partial charge in [-0.05, 0) is 107 Å². The average molecular weight is 831 g/mol. The lowest BCUT2D eigenvalue weighted by molar-refractivity contribution is 0.564. The van der Waals surface area contributed by atoms with E-state index in [0.717, 1.165) is 72.2 Å². The van der Waals surface area contributed by atoms with Crippen molar-refractivity contribution in [3.05, 3.63) is 233 Å². The third kappa shape index (κ3) is 4.55. The molecule has 13 aromatic rings. The second kappa shape index (κ2) is 12.9. The van der Waals surface area contributed by atoms with E-state index in [4.69, 9.17) is 8.83 Å². The zero-order chi connectivity index (χ0) is 42.4. The predicted octanol–water partition coefficient (Wildman–Crippen LogP) is 14.1. The van der Waals surface area contributed by atoms with Gasteiger partial charge in [-0.1, -0.05) is 146 Å². The van der Waals surface area contributed by atoms with Crippen LogP contribution in [0, 0.1) is 0 Å². The molecule has 0 aliphatic heterocycles. The van der Waals surface area contributed by atoms with Gasteiger partial charge in [0.2, 0.25) is 0 Å². The quantitative estimate of drug-likeness (QED) is 0.177. The van der Waals surface area contributed by atoms with E-state index in [1.807, 2.05) is 6.07 Å². The average Bonchev–Trinajstić information content (AvgIpc) is 4.17. The fourth-order valence-electron chi connectivity index (χ4n) is 12.1. The van der Waals surface area contributed by atoms with E-state index in [-0.39, 0.29) is 6.04 Å². The summed E-state index contributed by atoms with van der Waals surface area (Å²) in [5, 5.41) is 9.22. The molecule has 4 aromatic heterocycles. The van der Waals surface area contributed by atoms with Crippen molar-refractivity contribution in [2.45, 2.75) is 17.9 Å². The molecule has 304 valence electrons. The summed E-state index contributed by atoms with van der Waals surface area (Å²) in [6, 6.07) is 73.5. The number of benzene rings is 9. The molecule has 2 aliphatic carbocycles. The van der Waals surface area contributed by atoms with Crippen LogP contribution in [0.1, 0.15) is 34.7 Å². The topological polar surface area (TPSA) is 36.1 Å². The molecule has 0 amide bonds. The highest BCUT2D eigenvalue weighted by molar-refractivity contribution is 6.28. The molecule has 0 saturated carbocycles. The van der Waals surface area contributed by atoms with Gasteiger partial charge in [0.25, 0.3) is 0 Å². The first-order chi connectivity index (χ1) is 32.3. The van der Waals surface area contributed by atoms with Crippen molar-refractivity contribution in [3.63, 3.8) is 0 Å². The number of rotatable bonds is 4. The summed E-state index contributed by atoms with van der Waals surface area (Å²) in [6.07, 6.45) is 5.50. The second-order valence-electron chi connectivity index (χ2n) is 17.8. The van der Waals surface area contributed by atoms with E-state index in [1.165, 1.54) is 60.4 Å². The van der Waals surface area contributed by atoms with Gasteiger partial charge in [-0.2, -0.15) is 0 Å². The first kappa shape index (κ1) is 35.2. The maximum absolute atomic E-state index is 7.35. The molecular formula is C61H38N2O2. The van der Waals surface area contributed by atoms with Gasteiger partial charge >= 0.3 is 0 Å². The lowest BCUT2D eigenvalue weighted by atomic mass is 9.67. The Balaban J connectivity index is 0.978. The zero-order valence-corrected chi connectivity index (χ0v) is 35.2. The lowest BCUT2D eigenvalue weighted by Crippen LogP contribution is -2.28. The fraction of sp³-hybridized carbons (Fsp3) is 0.0492. The molecule has 4 heterocycles. The first-order valence-electron chi connectivity index (χ1n) is 22.6. The predicted molar refractivity (Wildman–Crippen MR) is 266 cm³/mol. The van der Waals surface area contributed by atoms with Crippen LogP contribution in [-0.4, -0.2) is 9.13 Å². The molecule has 65 heavy (non-hydrogen) atoms. The van der Waals surface area contributed by atoms with Crippen LogP contribution < -0.4 is 10.6 Å². The summed E-state index contributed by atoms with van der Waals surface area (Å²) in [6.45, 7) is 0. The van der Waals surface area contributed by atoms with Crippen molar-refractivity contribution in [3.8, 4) is 16.8 Å². The van der Waals surface area contributed by atoms with Crippen LogP contribution in [0.15, 0.2) is 209 Å². The maximum Gasteiger partial charge on any atom is 0.145 e. The third-order valence-corrected chi connectivity index (χ3v) is 14.7. The van der Waals surface area contributed by atoms with E-state index in [1.54, 1.807) is 0 Å². The van der Waals surface area contributed by atoms with Gasteiger partial charge < -0.3 is 18.0 Å². The molecule has 2 aliphatic rings. The Morgan fingerprint density at radius 1 is 0.446 bits per heavy atom. The van der Waals surface area contributed by atoms with Gasteiger partial charge in [-0.15, -0.1) is 0 Å². The third-order valence-electron chi connectivity index (χ3n) is 14.7. The van der Waals surface area contributed by atoms with E-state index in [9.17, 15) is 0 Å². The van der Waals surface area contributed by atoms with Gasteiger partial charge in [-0.25, -0.2) is 0 Å². The Hall–Kier alpha value is -8.34. The number of hydrogen-bond donors (Lipinski definition) is 0. The summed E-state index contributed by atoms with van der Waals surface area (Å²) in [5.74, 6) is 0. The molecule has 0 N–H and O–H groups in total. The molecule has 0 fully saturated rings. The Labute approximate surface area is 372 Å². The van der Waals surface area contributed by atoms with Crippen LogP contribution in [0.25, 0.3) is 105 Å². The van der Waals surface area contributed by atoms with E-state index < -0.39 is 5.41 Å². The van der Waals surface area contributed by atoms with Crippen LogP contribution >= 0.6 is 0 Å². The number of para-hydroxylation sites is 3. The number of hydrogen-bond acceptors (Lipinski definition) is 2. The molecular weight excluding hydrogens is 793 g/mol. The monoisotopic (exact) mass is 830 g/mol. The van der Waals surface area contributed by atoms with Crippen LogP contribution in [0.5, 0.6) is 0 Å². The number of nitrogens with zero attached hydrogens (tertiary/aromatic N) is 2. The Morgan fingerprint density at radius 3 is 1.82 bits per heavy atom. The number of fused-ring (bicyclic) bond motifs is 17. The minimum atomic E-state index is -0.498. The zero-order valence-electron chi connectivity index (χ0n) is 35.2. The smallest absolute Gasteiger partial charge is 0.145 e. The van der Waals surface area contributed by atoms with Crippen LogP contribution in [-0.2, 0) is 5.41 Å². The highest BCUT2D eigenvalue weighted by atomic mass is 16.3. The van der Waals surface area contributed by atoms with E-state index in [2.05, 4.69) is 215 Å². The van der Waals surface area contributed by atoms with Crippen molar-refractivity contribution in [1.82, 2.24) is 9.13 Å². The highest BCUT2D eigenvalue weighted by Gasteiger charge is 2.46. The van der Waals surface area contributed by atoms with Crippen molar-refractivity contribution in [2.24, 2.45) is 0 Å². The first-order valence-corrected chi connectivity index (χ1v) is 22.6. The second-order valence-corrected chi connectivity index (χ2v) is 17.8. The van der Waals surface area contributed by atoms with Gasteiger partial charge in [0.1, 0.15) is 22.2 Å². The molecule has 4 heteroatoms. The van der Waals surface area contributed by atoms with Crippen molar-refractivity contribution < 1.29 is 8.83 Å². The highest BCUT2D eigenvalue weighted by Crippen LogP contribution is 2.57. The fourth-order valence-corrected chi connectivity index (χ4v) is 12.1. The molecule has 9 aromatic carbocycles. The summed E-state index contributed by atoms with van der Waals surface area (Å²) < 4.78 is 18.6. The molecule has 0 saturated heterocycles. The largest absolute Gasteiger partial charge is 0.456 e. The summed E-state index contributed by atoms with van der Waals surface area (Å²) in [7, 11) is 0. The van der Waals surface area contributed by atoms with Crippen LogP contribution in [0.4, 0.5) is 0 Å². The summed E-state index contributed by atoms with van der Waals surface area (Å²) in [4.78, 5) is 0. The van der Waals surface area contributed by atoms with E-state index in [0.29, 0.717) is 0 Å². The minimum absolute atomic E-state index is 0.111. The SMILES string of the molecule is C1=c2oc3ccccc3c2=CC(n2c3ccccc3c3c4oc5c(ccc6c5c5ccccc5n6-c5ccc6c(c5)C(c5ccccc5)(c5ccccc5)c5ccccc5-6)c4ccc32)C1. The van der Waals surface area contributed by atoms with Crippen LogP contribution in [0.2, 0.25) is 0 Å². The molecule has 1 atom stereocenters. The molecule has 15 rings (SSSR count). The minimum Gasteiger partial charge on any atom is -0.456 e. The van der Waals surface area contributed by atoms with E-state index >= 15 is 0 Å². The Bertz CT molecular complexity index is 4240. The molecule has 0 radical (unpaired) electrons. The van der Waals surface area contributed by atoms with Crippen molar-refractivity contribution in [1.29, 1.82) is 0 Å². The maximum atomic E-state index is 7.35. The molecule has 0 spiro atoms. The van der Waals surface area contributed by atoms with Gasteiger partial charge in [0.15, 0.2) is 0 Å². The molecule has 0 bridgehead atoms. The molecule has 4 nitrogen and oxygen atoms in total. The molecule has 1 unspecified atom stereocenters.